The van der Waals surface area contributed by atoms with Crippen LogP contribution in [0.3, 0.4) is 0 Å². The lowest BCUT2D eigenvalue weighted by molar-refractivity contribution is 0.809. The number of aryl methyl sites for hydroxylation is 1. The highest BCUT2D eigenvalue weighted by Gasteiger charge is 2.15. The van der Waals surface area contributed by atoms with Crippen LogP contribution in [0, 0.1) is 6.92 Å². The first kappa shape index (κ1) is 13.4. The zero-order valence-electron chi connectivity index (χ0n) is 10.4. The topological polar surface area (TPSA) is 38.7 Å². The Balaban J connectivity index is 2.63. The SMILES string of the molecule is Cc1cnccc1-c1nc(Cl)c(Br)c(C(C)C)n1. The molecule has 94 valence electrons. The van der Waals surface area contributed by atoms with E-state index in [2.05, 4.69) is 44.7 Å². The molecule has 2 heterocycles. The molecule has 0 saturated carbocycles. The number of rotatable bonds is 2. The van der Waals surface area contributed by atoms with Crippen molar-refractivity contribution in [3.63, 3.8) is 0 Å². The molecule has 0 unspecified atom stereocenters. The van der Waals surface area contributed by atoms with Gasteiger partial charge in [-0.2, -0.15) is 0 Å². The molecule has 18 heavy (non-hydrogen) atoms. The van der Waals surface area contributed by atoms with Crippen LogP contribution in [-0.2, 0) is 0 Å². The van der Waals surface area contributed by atoms with Crippen LogP contribution in [0.15, 0.2) is 22.9 Å². The standard InChI is InChI=1S/C13H13BrClN3/c1-7(2)11-10(14)12(15)18-13(17-11)9-4-5-16-6-8(9)3/h4-7H,1-3H3. The Morgan fingerprint density at radius 1 is 1.28 bits per heavy atom. The first-order chi connectivity index (χ1) is 8.50. The van der Waals surface area contributed by atoms with Gasteiger partial charge < -0.3 is 0 Å². The first-order valence-corrected chi connectivity index (χ1v) is 6.81. The number of nitrogens with zero attached hydrogens (tertiary/aromatic N) is 3. The van der Waals surface area contributed by atoms with Gasteiger partial charge in [0.25, 0.3) is 0 Å². The van der Waals surface area contributed by atoms with Gasteiger partial charge in [0.05, 0.1) is 10.2 Å². The van der Waals surface area contributed by atoms with Gasteiger partial charge in [-0.25, -0.2) is 9.97 Å². The summed E-state index contributed by atoms with van der Waals surface area (Å²) in [5, 5.41) is 0.444. The molecule has 5 heteroatoms. The minimum atomic E-state index is 0.278. The summed E-state index contributed by atoms with van der Waals surface area (Å²) in [5.74, 6) is 0.924. The molecule has 0 aliphatic heterocycles. The van der Waals surface area contributed by atoms with Crippen LogP contribution < -0.4 is 0 Å². The van der Waals surface area contributed by atoms with Gasteiger partial charge in [0.1, 0.15) is 5.15 Å². The van der Waals surface area contributed by atoms with Crippen molar-refractivity contribution >= 4 is 27.5 Å². The van der Waals surface area contributed by atoms with Gasteiger partial charge in [-0.3, -0.25) is 4.98 Å². The molecule has 0 aliphatic carbocycles. The molecule has 0 radical (unpaired) electrons. The number of aromatic nitrogens is 3. The zero-order chi connectivity index (χ0) is 13.3. The summed E-state index contributed by atoms with van der Waals surface area (Å²) < 4.78 is 0.773. The van der Waals surface area contributed by atoms with E-state index in [0.717, 1.165) is 21.3 Å². The van der Waals surface area contributed by atoms with Crippen molar-refractivity contribution in [2.45, 2.75) is 26.7 Å². The van der Waals surface area contributed by atoms with Gasteiger partial charge in [0.15, 0.2) is 5.82 Å². The predicted molar refractivity (Wildman–Crippen MR) is 76.8 cm³/mol. The molecular weight excluding hydrogens is 314 g/mol. The summed E-state index contributed by atoms with van der Waals surface area (Å²) in [5.41, 5.74) is 2.91. The molecule has 2 rings (SSSR count). The molecule has 0 aliphatic rings. The summed E-state index contributed by atoms with van der Waals surface area (Å²) in [4.78, 5) is 13.0. The lowest BCUT2D eigenvalue weighted by Crippen LogP contribution is -2.01. The Morgan fingerprint density at radius 3 is 2.61 bits per heavy atom. The summed E-state index contributed by atoms with van der Waals surface area (Å²) in [7, 11) is 0. The van der Waals surface area contributed by atoms with Crippen LogP contribution in [0.4, 0.5) is 0 Å². The number of hydrogen-bond donors (Lipinski definition) is 0. The van der Waals surface area contributed by atoms with E-state index >= 15 is 0 Å². The second-order valence-electron chi connectivity index (χ2n) is 4.38. The second-order valence-corrected chi connectivity index (χ2v) is 5.53. The van der Waals surface area contributed by atoms with Crippen molar-refractivity contribution in [2.24, 2.45) is 0 Å². The molecule has 0 aromatic carbocycles. The summed E-state index contributed by atoms with van der Waals surface area (Å²) in [6.07, 6.45) is 3.53. The first-order valence-electron chi connectivity index (χ1n) is 5.64. The molecule has 0 fully saturated rings. The average molecular weight is 327 g/mol. The predicted octanol–water partition coefficient (Wildman–Crippen LogP) is 4.39. The normalized spacial score (nSPS) is 11.0. The maximum absolute atomic E-state index is 6.15. The molecule has 0 N–H and O–H groups in total. The molecule has 2 aromatic heterocycles. The Kier molecular flexibility index (Phi) is 3.97. The highest BCUT2D eigenvalue weighted by atomic mass is 79.9. The van der Waals surface area contributed by atoms with Crippen molar-refractivity contribution in [1.82, 2.24) is 15.0 Å². The number of pyridine rings is 1. The van der Waals surface area contributed by atoms with Crippen LogP contribution in [0.1, 0.15) is 31.0 Å². The average Bonchev–Trinajstić information content (AvgIpc) is 2.33. The quantitative estimate of drug-likeness (QED) is 0.768. The van der Waals surface area contributed by atoms with Gasteiger partial charge in [-0.05, 0) is 40.4 Å². The zero-order valence-corrected chi connectivity index (χ0v) is 12.7. The van der Waals surface area contributed by atoms with Gasteiger partial charge in [0, 0.05) is 18.0 Å². The maximum Gasteiger partial charge on any atom is 0.161 e. The van der Waals surface area contributed by atoms with Crippen molar-refractivity contribution < 1.29 is 0 Å². The summed E-state index contributed by atoms with van der Waals surface area (Å²) in [6, 6.07) is 1.90. The smallest absolute Gasteiger partial charge is 0.161 e. The minimum absolute atomic E-state index is 0.278. The molecule has 0 atom stereocenters. The van der Waals surface area contributed by atoms with Crippen molar-refractivity contribution in [3.05, 3.63) is 39.3 Å². The largest absolute Gasteiger partial charge is 0.264 e. The van der Waals surface area contributed by atoms with Gasteiger partial charge >= 0.3 is 0 Å². The van der Waals surface area contributed by atoms with Crippen molar-refractivity contribution in [2.75, 3.05) is 0 Å². The Bertz CT molecular complexity index is 584. The fourth-order valence-electron chi connectivity index (χ4n) is 1.66. The van der Waals surface area contributed by atoms with Crippen LogP contribution in [0.2, 0.25) is 5.15 Å². The molecule has 0 bridgehead atoms. The molecule has 0 amide bonds. The van der Waals surface area contributed by atoms with Crippen LogP contribution in [0.25, 0.3) is 11.4 Å². The number of hydrogen-bond acceptors (Lipinski definition) is 3. The van der Waals surface area contributed by atoms with Gasteiger partial charge in [0.2, 0.25) is 0 Å². The van der Waals surface area contributed by atoms with Gasteiger partial charge in [-0.1, -0.05) is 25.4 Å². The fraction of sp³-hybridized carbons (Fsp3) is 0.308. The maximum atomic E-state index is 6.15. The van der Waals surface area contributed by atoms with Gasteiger partial charge in [-0.15, -0.1) is 0 Å². The van der Waals surface area contributed by atoms with Crippen LogP contribution >= 0.6 is 27.5 Å². The Hall–Kier alpha value is -1.00. The summed E-state index contributed by atoms with van der Waals surface area (Å²) in [6.45, 7) is 6.13. The molecule has 3 nitrogen and oxygen atoms in total. The number of halogens is 2. The monoisotopic (exact) mass is 325 g/mol. The third-order valence-electron chi connectivity index (χ3n) is 2.64. The highest BCUT2D eigenvalue weighted by Crippen LogP contribution is 2.31. The van der Waals surface area contributed by atoms with E-state index in [0.29, 0.717) is 11.0 Å². The molecule has 0 saturated heterocycles. The lowest BCUT2D eigenvalue weighted by Gasteiger charge is -2.11. The van der Waals surface area contributed by atoms with E-state index in [9.17, 15) is 0 Å². The fourth-order valence-corrected chi connectivity index (χ4v) is 2.48. The van der Waals surface area contributed by atoms with Crippen molar-refractivity contribution in [3.8, 4) is 11.4 Å². The van der Waals surface area contributed by atoms with Crippen LogP contribution in [-0.4, -0.2) is 15.0 Å². The highest BCUT2D eigenvalue weighted by molar-refractivity contribution is 9.10. The lowest BCUT2D eigenvalue weighted by atomic mass is 10.1. The Morgan fingerprint density at radius 2 is 2.00 bits per heavy atom. The van der Waals surface area contributed by atoms with Crippen LogP contribution in [0.5, 0.6) is 0 Å². The molecule has 0 spiro atoms. The van der Waals surface area contributed by atoms with E-state index in [1.54, 1.807) is 12.4 Å². The third kappa shape index (κ3) is 2.54. The van der Waals surface area contributed by atoms with E-state index in [1.165, 1.54) is 0 Å². The second kappa shape index (κ2) is 5.33. The van der Waals surface area contributed by atoms with E-state index < -0.39 is 0 Å². The minimum Gasteiger partial charge on any atom is -0.264 e. The third-order valence-corrected chi connectivity index (χ3v) is 3.93. The molecular formula is C13H13BrClN3. The van der Waals surface area contributed by atoms with Crippen molar-refractivity contribution in [1.29, 1.82) is 0 Å². The van der Waals surface area contributed by atoms with E-state index in [4.69, 9.17) is 11.6 Å². The van der Waals surface area contributed by atoms with E-state index in [1.807, 2.05) is 13.0 Å². The Labute approximate surface area is 120 Å². The summed E-state index contributed by atoms with van der Waals surface area (Å²) >= 11 is 9.59. The van der Waals surface area contributed by atoms with E-state index in [-0.39, 0.29) is 5.92 Å². The molecule has 2 aromatic rings.